The number of carbonyl (C=O) groups excluding carboxylic acids is 2. The van der Waals surface area contributed by atoms with Crippen LogP contribution in [0.4, 0.5) is 5.82 Å². The Morgan fingerprint density at radius 1 is 1.12 bits per heavy atom. The number of benzene rings is 2. The molecule has 0 aliphatic heterocycles. The first-order valence-electron chi connectivity index (χ1n) is 10.4. The molecule has 1 aromatic heterocycles. The summed E-state index contributed by atoms with van der Waals surface area (Å²) in [5.41, 5.74) is 3.32. The second-order valence-electron chi connectivity index (χ2n) is 8.64. The molecule has 0 radical (unpaired) electrons. The SMILES string of the molecule is COC(=O)C1C(O)=C(/C(C)=N/Nc2nc3ccccc3c3ccccc23)C(=O)CC1(C)C. The summed E-state index contributed by atoms with van der Waals surface area (Å²) in [6.07, 6.45) is 0.0934. The number of esters is 1. The first kappa shape index (κ1) is 21.5. The lowest BCUT2D eigenvalue weighted by atomic mass is 9.68. The molecule has 4 rings (SSSR count). The maximum atomic E-state index is 12.8. The lowest BCUT2D eigenvalue weighted by molar-refractivity contribution is -0.150. The number of allylic oxidation sites excluding steroid dienone is 1. The number of pyridine rings is 1. The van der Waals surface area contributed by atoms with Crippen molar-refractivity contribution in [1.29, 1.82) is 0 Å². The number of nitrogens with one attached hydrogen (secondary N) is 1. The molecule has 2 aromatic carbocycles. The number of rotatable bonds is 4. The number of methoxy groups -OCH3 is 1. The zero-order valence-electron chi connectivity index (χ0n) is 18.5. The minimum Gasteiger partial charge on any atom is -0.511 e. The van der Waals surface area contributed by atoms with Crippen LogP contribution in [0, 0.1) is 11.3 Å². The number of hydrogen-bond acceptors (Lipinski definition) is 7. The molecule has 1 heterocycles. The predicted octanol–water partition coefficient (Wildman–Crippen LogP) is 4.78. The van der Waals surface area contributed by atoms with Gasteiger partial charge < -0.3 is 9.84 Å². The Bertz CT molecular complexity index is 1310. The highest BCUT2D eigenvalue weighted by molar-refractivity contribution is 6.23. The zero-order chi connectivity index (χ0) is 23.0. The van der Waals surface area contributed by atoms with Crippen LogP contribution in [0.2, 0.25) is 0 Å². The Kier molecular flexibility index (Phi) is 5.42. The van der Waals surface area contributed by atoms with Crippen molar-refractivity contribution in [2.75, 3.05) is 12.5 Å². The summed E-state index contributed by atoms with van der Waals surface area (Å²) in [6, 6.07) is 15.7. The van der Waals surface area contributed by atoms with Gasteiger partial charge in [0.15, 0.2) is 11.6 Å². The molecule has 1 aliphatic rings. The molecular formula is C25H25N3O4. The largest absolute Gasteiger partial charge is 0.511 e. The maximum absolute atomic E-state index is 12.8. The molecule has 164 valence electrons. The number of Topliss-reactive ketones (excluding diaryl/α,β-unsaturated/α-hetero) is 1. The van der Waals surface area contributed by atoms with Gasteiger partial charge in [0.2, 0.25) is 0 Å². The predicted molar refractivity (Wildman–Crippen MR) is 125 cm³/mol. The third-order valence-corrected chi connectivity index (χ3v) is 5.94. The van der Waals surface area contributed by atoms with Gasteiger partial charge in [-0.2, -0.15) is 5.10 Å². The summed E-state index contributed by atoms with van der Waals surface area (Å²) in [7, 11) is 1.26. The zero-order valence-corrected chi connectivity index (χ0v) is 18.5. The summed E-state index contributed by atoms with van der Waals surface area (Å²) < 4.78 is 4.87. The summed E-state index contributed by atoms with van der Waals surface area (Å²) in [5.74, 6) is -1.57. The highest BCUT2D eigenvalue weighted by atomic mass is 16.5. The summed E-state index contributed by atoms with van der Waals surface area (Å²) in [5, 5.41) is 18.1. The fraction of sp³-hybridized carbons (Fsp3) is 0.280. The molecule has 7 nitrogen and oxygen atoms in total. The Balaban J connectivity index is 1.77. The van der Waals surface area contributed by atoms with E-state index in [0.29, 0.717) is 5.82 Å². The quantitative estimate of drug-likeness (QED) is 0.267. The molecule has 0 fully saturated rings. The van der Waals surface area contributed by atoms with Crippen molar-refractivity contribution >= 4 is 45.0 Å². The van der Waals surface area contributed by atoms with Gasteiger partial charge in [0.25, 0.3) is 0 Å². The van der Waals surface area contributed by atoms with Crippen molar-refractivity contribution in [1.82, 2.24) is 4.98 Å². The standard InChI is InChI=1S/C25H25N3O4/c1-14(20-19(29)13-25(2,3)21(22(20)30)24(31)32-4)27-28-23-17-11-6-5-9-15(17)16-10-7-8-12-18(16)26-23/h5-12,21,30H,13H2,1-4H3,(H,26,28)/b27-14+. The second-order valence-corrected chi connectivity index (χ2v) is 8.64. The van der Waals surface area contributed by atoms with E-state index >= 15 is 0 Å². The molecule has 2 N–H and O–H groups in total. The van der Waals surface area contributed by atoms with Crippen LogP contribution in [0.3, 0.4) is 0 Å². The second kappa shape index (κ2) is 8.07. The van der Waals surface area contributed by atoms with Crippen LogP contribution in [0.5, 0.6) is 0 Å². The molecule has 3 aromatic rings. The van der Waals surface area contributed by atoms with E-state index in [2.05, 4.69) is 15.5 Å². The fourth-order valence-corrected chi connectivity index (χ4v) is 4.38. The van der Waals surface area contributed by atoms with Crippen molar-refractivity contribution in [2.24, 2.45) is 16.4 Å². The summed E-state index contributed by atoms with van der Waals surface area (Å²) >= 11 is 0. The highest BCUT2D eigenvalue weighted by Crippen LogP contribution is 2.42. The molecule has 1 atom stereocenters. The lowest BCUT2D eigenvalue weighted by Crippen LogP contribution is -2.41. The Morgan fingerprint density at radius 3 is 2.44 bits per heavy atom. The molecule has 0 saturated carbocycles. The van der Waals surface area contributed by atoms with E-state index in [-0.39, 0.29) is 29.2 Å². The third-order valence-electron chi connectivity index (χ3n) is 5.94. The molecular weight excluding hydrogens is 406 g/mol. The molecule has 32 heavy (non-hydrogen) atoms. The minimum atomic E-state index is -0.940. The van der Waals surface area contributed by atoms with Crippen molar-refractivity contribution in [3.8, 4) is 0 Å². The van der Waals surface area contributed by atoms with Gasteiger partial charge in [-0.3, -0.25) is 15.0 Å². The molecule has 0 bridgehead atoms. The van der Waals surface area contributed by atoms with Gasteiger partial charge in [-0.25, -0.2) is 4.98 Å². The number of ketones is 1. The number of aromatic nitrogens is 1. The van der Waals surface area contributed by atoms with Gasteiger partial charge in [0, 0.05) is 17.2 Å². The van der Waals surface area contributed by atoms with Crippen molar-refractivity contribution < 1.29 is 19.4 Å². The number of ether oxygens (including phenoxy) is 1. The van der Waals surface area contributed by atoms with Crippen LogP contribution in [-0.4, -0.2) is 34.7 Å². The number of para-hydroxylation sites is 1. The van der Waals surface area contributed by atoms with E-state index in [0.717, 1.165) is 21.7 Å². The summed E-state index contributed by atoms with van der Waals surface area (Å²) in [4.78, 5) is 29.8. The summed E-state index contributed by atoms with van der Waals surface area (Å²) in [6.45, 7) is 5.14. The van der Waals surface area contributed by atoms with Crippen molar-refractivity contribution in [2.45, 2.75) is 27.2 Å². The number of fused-ring (bicyclic) bond motifs is 3. The minimum absolute atomic E-state index is 0.0392. The van der Waals surface area contributed by atoms with Gasteiger partial charge in [0.1, 0.15) is 11.7 Å². The number of carbonyl (C=O) groups is 2. The topological polar surface area (TPSA) is 101 Å². The van der Waals surface area contributed by atoms with Gasteiger partial charge >= 0.3 is 5.97 Å². The molecule has 1 unspecified atom stereocenters. The normalized spacial score (nSPS) is 18.8. The van der Waals surface area contributed by atoms with E-state index < -0.39 is 17.3 Å². The number of aliphatic hydroxyl groups excluding tert-OH is 1. The van der Waals surface area contributed by atoms with E-state index in [4.69, 9.17) is 4.74 Å². The Labute approximate surface area is 185 Å². The number of hydrazone groups is 1. The Morgan fingerprint density at radius 2 is 1.75 bits per heavy atom. The van der Waals surface area contributed by atoms with E-state index in [1.807, 2.05) is 48.5 Å². The smallest absolute Gasteiger partial charge is 0.316 e. The lowest BCUT2D eigenvalue weighted by Gasteiger charge is -2.36. The maximum Gasteiger partial charge on any atom is 0.316 e. The molecule has 1 aliphatic carbocycles. The number of aliphatic hydroxyl groups is 1. The van der Waals surface area contributed by atoms with Crippen LogP contribution in [0.25, 0.3) is 21.7 Å². The number of hydrogen-bond donors (Lipinski definition) is 2. The monoisotopic (exact) mass is 431 g/mol. The van der Waals surface area contributed by atoms with Crippen LogP contribution >= 0.6 is 0 Å². The first-order chi connectivity index (χ1) is 15.2. The van der Waals surface area contributed by atoms with Crippen LogP contribution in [0.15, 0.2) is 65.0 Å². The fourth-order valence-electron chi connectivity index (χ4n) is 4.38. The third kappa shape index (κ3) is 3.60. The average molecular weight is 431 g/mol. The van der Waals surface area contributed by atoms with Gasteiger partial charge in [-0.05, 0) is 23.8 Å². The first-order valence-corrected chi connectivity index (χ1v) is 10.4. The molecule has 0 spiro atoms. The van der Waals surface area contributed by atoms with Crippen LogP contribution < -0.4 is 5.43 Å². The van der Waals surface area contributed by atoms with Crippen LogP contribution in [-0.2, 0) is 14.3 Å². The number of anilines is 1. The van der Waals surface area contributed by atoms with E-state index in [9.17, 15) is 14.7 Å². The van der Waals surface area contributed by atoms with E-state index in [1.54, 1.807) is 20.8 Å². The van der Waals surface area contributed by atoms with E-state index in [1.165, 1.54) is 7.11 Å². The van der Waals surface area contributed by atoms with Gasteiger partial charge in [0.05, 0.1) is 23.9 Å². The Hall–Kier alpha value is -3.74. The van der Waals surface area contributed by atoms with Gasteiger partial charge in [-0.1, -0.05) is 56.3 Å². The van der Waals surface area contributed by atoms with Gasteiger partial charge in [-0.15, -0.1) is 0 Å². The molecule has 0 saturated heterocycles. The van der Waals surface area contributed by atoms with Crippen molar-refractivity contribution in [3.05, 3.63) is 59.9 Å². The average Bonchev–Trinajstić information content (AvgIpc) is 2.76. The molecule has 7 heteroatoms. The molecule has 0 amide bonds. The van der Waals surface area contributed by atoms with Crippen LogP contribution in [0.1, 0.15) is 27.2 Å². The highest BCUT2D eigenvalue weighted by Gasteiger charge is 2.47. The number of nitrogens with zero attached hydrogens (tertiary/aromatic N) is 2. The van der Waals surface area contributed by atoms with Crippen molar-refractivity contribution in [3.63, 3.8) is 0 Å².